The monoisotopic (exact) mass is 405 g/mol. The number of carbonyl (C=O) groups excluding carboxylic acids is 1. The highest BCUT2D eigenvalue weighted by Crippen LogP contribution is 2.32. The first-order valence-corrected chi connectivity index (χ1v) is 9.88. The van der Waals surface area contributed by atoms with E-state index < -0.39 is 6.43 Å². The van der Waals surface area contributed by atoms with E-state index in [1.54, 1.807) is 24.2 Å². The van der Waals surface area contributed by atoms with E-state index in [4.69, 9.17) is 0 Å². The van der Waals surface area contributed by atoms with Gasteiger partial charge in [0.05, 0.1) is 11.9 Å². The van der Waals surface area contributed by atoms with Gasteiger partial charge in [-0.05, 0) is 20.3 Å². The van der Waals surface area contributed by atoms with Gasteiger partial charge in [0.2, 0.25) is 11.9 Å². The summed E-state index contributed by atoms with van der Waals surface area (Å²) >= 11 is 0. The summed E-state index contributed by atoms with van der Waals surface area (Å²) in [6, 6.07) is 0.232. The molecule has 4 heterocycles. The molecule has 1 amide bonds. The Morgan fingerprint density at radius 1 is 1.28 bits per heavy atom. The van der Waals surface area contributed by atoms with Crippen molar-refractivity contribution >= 4 is 11.9 Å². The fraction of sp³-hybridized carbons (Fsp3) is 0.579. The minimum Gasteiger partial charge on any atom is -0.339 e. The lowest BCUT2D eigenvalue weighted by molar-refractivity contribution is -0.132. The Morgan fingerprint density at radius 3 is 2.66 bits per heavy atom. The average molecular weight is 405 g/mol. The summed E-state index contributed by atoms with van der Waals surface area (Å²) in [5.41, 5.74) is 1.12. The van der Waals surface area contributed by atoms with E-state index in [1.165, 1.54) is 4.68 Å². The Kier molecular flexibility index (Phi) is 5.44. The van der Waals surface area contributed by atoms with Crippen LogP contribution < -0.4 is 10.2 Å². The number of hydrogen-bond donors (Lipinski definition) is 1. The molecule has 2 aliphatic rings. The van der Waals surface area contributed by atoms with Crippen LogP contribution in [0.15, 0.2) is 12.4 Å². The minimum atomic E-state index is -2.68. The van der Waals surface area contributed by atoms with Gasteiger partial charge in [0.1, 0.15) is 12.2 Å². The number of hydrogen-bond acceptors (Lipinski definition) is 6. The van der Waals surface area contributed by atoms with Gasteiger partial charge in [-0.25, -0.2) is 18.7 Å². The third-order valence-corrected chi connectivity index (χ3v) is 5.63. The van der Waals surface area contributed by atoms with E-state index >= 15 is 0 Å². The number of aromatic nitrogens is 4. The maximum atomic E-state index is 13.6. The van der Waals surface area contributed by atoms with Gasteiger partial charge >= 0.3 is 0 Å². The highest BCUT2D eigenvalue weighted by molar-refractivity contribution is 5.76. The smallest absolute Gasteiger partial charge is 0.280 e. The van der Waals surface area contributed by atoms with E-state index in [9.17, 15) is 13.6 Å². The van der Waals surface area contributed by atoms with Gasteiger partial charge in [0.15, 0.2) is 0 Å². The van der Waals surface area contributed by atoms with Gasteiger partial charge in [-0.2, -0.15) is 5.10 Å². The summed E-state index contributed by atoms with van der Waals surface area (Å²) in [5, 5.41) is 7.47. The maximum Gasteiger partial charge on any atom is 0.280 e. The second-order valence-corrected chi connectivity index (χ2v) is 7.57. The topological polar surface area (TPSA) is 79.2 Å². The Balaban J connectivity index is 1.60. The van der Waals surface area contributed by atoms with Crippen LogP contribution in [0.5, 0.6) is 0 Å². The van der Waals surface area contributed by atoms with Crippen LogP contribution in [-0.2, 0) is 11.3 Å². The lowest BCUT2D eigenvalue weighted by Crippen LogP contribution is -2.47. The van der Waals surface area contributed by atoms with Crippen LogP contribution in [0, 0.1) is 6.92 Å². The quantitative estimate of drug-likeness (QED) is 0.814. The molecule has 1 atom stereocenters. The van der Waals surface area contributed by atoms with Crippen molar-refractivity contribution in [1.82, 2.24) is 30.0 Å². The van der Waals surface area contributed by atoms with E-state index in [-0.39, 0.29) is 24.2 Å². The van der Waals surface area contributed by atoms with Gasteiger partial charge in [-0.3, -0.25) is 9.48 Å². The molecule has 29 heavy (non-hydrogen) atoms. The molecule has 0 aromatic carbocycles. The predicted octanol–water partition coefficient (Wildman–Crippen LogP) is 1.62. The van der Waals surface area contributed by atoms with Crippen molar-refractivity contribution in [1.29, 1.82) is 0 Å². The van der Waals surface area contributed by atoms with Crippen LogP contribution in [0.4, 0.5) is 14.7 Å². The molecule has 0 bridgehead atoms. The first-order chi connectivity index (χ1) is 13.9. The standard InChI is InChI=1S/C19H25F2N7O/c1-12-3-6-28(12)19-24-16(13(2)17(25-19)18(20)21)14-9-23-27(10-14)11-15(29)26-7-4-22-5-8-26/h9-10,12,18,22H,3-8,11H2,1-2H3/t12-/m0/s1. The normalized spacial score (nSPS) is 19.6. The second-order valence-electron chi connectivity index (χ2n) is 7.57. The molecule has 0 spiro atoms. The van der Waals surface area contributed by atoms with Gasteiger partial charge < -0.3 is 15.1 Å². The molecule has 0 aliphatic carbocycles. The molecule has 2 aromatic rings. The number of anilines is 1. The Hall–Kier alpha value is -2.62. The van der Waals surface area contributed by atoms with Crippen LogP contribution in [-0.4, -0.2) is 69.3 Å². The third kappa shape index (κ3) is 3.93. The summed E-state index contributed by atoms with van der Waals surface area (Å²) in [6.07, 6.45) is 1.56. The number of amides is 1. The van der Waals surface area contributed by atoms with Gasteiger partial charge in [0, 0.05) is 56.1 Å². The molecule has 8 nitrogen and oxygen atoms in total. The molecule has 2 aliphatic heterocycles. The molecule has 156 valence electrons. The van der Waals surface area contributed by atoms with Crippen molar-refractivity contribution in [2.24, 2.45) is 0 Å². The van der Waals surface area contributed by atoms with Crippen LogP contribution in [0.3, 0.4) is 0 Å². The highest BCUT2D eigenvalue weighted by atomic mass is 19.3. The maximum absolute atomic E-state index is 13.6. The van der Waals surface area contributed by atoms with Crippen LogP contribution in [0.2, 0.25) is 0 Å². The van der Waals surface area contributed by atoms with Crippen molar-refractivity contribution in [2.75, 3.05) is 37.6 Å². The highest BCUT2D eigenvalue weighted by Gasteiger charge is 2.29. The number of piperazine rings is 1. The van der Waals surface area contributed by atoms with E-state index in [2.05, 4.69) is 20.4 Å². The molecule has 2 saturated heterocycles. The molecule has 0 saturated carbocycles. The zero-order valence-corrected chi connectivity index (χ0v) is 16.6. The van der Waals surface area contributed by atoms with Crippen molar-refractivity contribution in [3.05, 3.63) is 23.7 Å². The molecule has 4 rings (SSSR count). The van der Waals surface area contributed by atoms with Crippen molar-refractivity contribution in [3.63, 3.8) is 0 Å². The number of rotatable bonds is 5. The number of nitrogens with one attached hydrogen (secondary N) is 1. The zero-order chi connectivity index (χ0) is 20.5. The van der Waals surface area contributed by atoms with Crippen molar-refractivity contribution in [2.45, 2.75) is 39.3 Å². The summed E-state index contributed by atoms with van der Waals surface area (Å²) in [7, 11) is 0. The van der Waals surface area contributed by atoms with E-state index in [0.717, 1.165) is 26.1 Å². The number of alkyl halides is 2. The van der Waals surface area contributed by atoms with Crippen LogP contribution in [0.25, 0.3) is 11.3 Å². The zero-order valence-electron chi connectivity index (χ0n) is 16.6. The molecule has 2 fully saturated rings. The predicted molar refractivity (Wildman–Crippen MR) is 104 cm³/mol. The van der Waals surface area contributed by atoms with Gasteiger partial charge in [-0.1, -0.05) is 0 Å². The second kappa shape index (κ2) is 8.02. The van der Waals surface area contributed by atoms with Gasteiger partial charge in [0.25, 0.3) is 6.43 Å². The third-order valence-electron chi connectivity index (χ3n) is 5.63. The SMILES string of the molecule is Cc1c(-c2cnn(CC(=O)N3CCNCC3)c2)nc(N2CC[C@@H]2C)nc1C(F)F. The first kappa shape index (κ1) is 19.7. The first-order valence-electron chi connectivity index (χ1n) is 9.88. The molecular weight excluding hydrogens is 380 g/mol. The van der Waals surface area contributed by atoms with Crippen LogP contribution >= 0.6 is 0 Å². The summed E-state index contributed by atoms with van der Waals surface area (Å²) < 4.78 is 28.7. The molecule has 10 heteroatoms. The van der Waals surface area contributed by atoms with Crippen LogP contribution in [0.1, 0.15) is 31.0 Å². The fourth-order valence-corrected chi connectivity index (χ4v) is 3.68. The minimum absolute atomic E-state index is 0.0103. The number of carbonyl (C=O) groups is 1. The van der Waals surface area contributed by atoms with Gasteiger partial charge in [-0.15, -0.1) is 0 Å². The van der Waals surface area contributed by atoms with E-state index in [0.29, 0.717) is 35.9 Å². The fourth-order valence-electron chi connectivity index (χ4n) is 3.68. The number of halogens is 2. The summed E-state index contributed by atoms with van der Waals surface area (Å²) in [4.78, 5) is 24.9. The van der Waals surface area contributed by atoms with Crippen molar-refractivity contribution < 1.29 is 13.6 Å². The average Bonchev–Trinajstić information content (AvgIpc) is 3.16. The molecule has 2 aromatic heterocycles. The Morgan fingerprint density at radius 2 is 2.03 bits per heavy atom. The van der Waals surface area contributed by atoms with Crippen molar-refractivity contribution in [3.8, 4) is 11.3 Å². The largest absolute Gasteiger partial charge is 0.339 e. The Labute approximate surface area is 167 Å². The molecule has 0 radical (unpaired) electrons. The molecule has 0 unspecified atom stereocenters. The Bertz CT molecular complexity index is 895. The molecule has 1 N–H and O–H groups in total. The number of nitrogens with zero attached hydrogens (tertiary/aromatic N) is 6. The summed E-state index contributed by atoms with van der Waals surface area (Å²) in [6.45, 7) is 7.40. The molecular formula is C19H25F2N7O. The lowest BCUT2D eigenvalue weighted by atomic mass is 10.1. The lowest BCUT2D eigenvalue weighted by Gasteiger charge is -2.39. The summed E-state index contributed by atoms with van der Waals surface area (Å²) in [5.74, 6) is 0.313. The van der Waals surface area contributed by atoms with E-state index in [1.807, 2.05) is 11.8 Å².